The highest BCUT2D eigenvalue weighted by Gasteiger charge is 2.21. The van der Waals surface area contributed by atoms with Crippen LogP contribution < -0.4 is 4.90 Å². The average molecular weight is 327 g/mol. The first-order valence-corrected chi connectivity index (χ1v) is 7.85. The molecular weight excluding hydrogens is 306 g/mol. The topological polar surface area (TPSA) is 77.8 Å². The molecule has 2 aromatic rings. The van der Waals surface area contributed by atoms with Gasteiger partial charge < -0.3 is 15.1 Å². The van der Waals surface area contributed by atoms with Crippen molar-refractivity contribution in [1.82, 2.24) is 0 Å². The summed E-state index contributed by atoms with van der Waals surface area (Å²) >= 11 is 0. The van der Waals surface area contributed by atoms with Gasteiger partial charge in [0.15, 0.2) is 5.78 Å². The van der Waals surface area contributed by atoms with E-state index < -0.39 is 11.8 Å². The molecule has 126 valence electrons. The van der Waals surface area contributed by atoms with Crippen LogP contribution in [0.5, 0.6) is 5.75 Å². The Balaban J connectivity index is 2.48. The summed E-state index contributed by atoms with van der Waals surface area (Å²) in [6.07, 6.45) is 0. The quantitative estimate of drug-likeness (QED) is 0.794. The van der Waals surface area contributed by atoms with E-state index in [4.69, 9.17) is 0 Å². The molecule has 2 aromatic carbocycles. The number of benzene rings is 2. The van der Waals surface area contributed by atoms with Gasteiger partial charge in [0.25, 0.3) is 0 Å². The van der Waals surface area contributed by atoms with Gasteiger partial charge in [-0.3, -0.25) is 4.79 Å². The minimum Gasteiger partial charge on any atom is -0.507 e. The number of ketones is 1. The Kier molecular flexibility index (Phi) is 5.24. The molecule has 24 heavy (non-hydrogen) atoms. The molecule has 5 heteroatoms. The van der Waals surface area contributed by atoms with Gasteiger partial charge in [0.2, 0.25) is 0 Å². The van der Waals surface area contributed by atoms with E-state index in [1.54, 1.807) is 25.1 Å². The molecule has 0 bridgehead atoms. The number of aromatic carboxylic acids is 1. The molecule has 5 nitrogen and oxygen atoms in total. The molecule has 0 aliphatic heterocycles. The van der Waals surface area contributed by atoms with Crippen LogP contribution in [0.3, 0.4) is 0 Å². The van der Waals surface area contributed by atoms with Crippen LogP contribution in [0.4, 0.5) is 5.69 Å². The second kappa shape index (κ2) is 7.17. The molecule has 0 radical (unpaired) electrons. The van der Waals surface area contributed by atoms with Crippen molar-refractivity contribution in [3.63, 3.8) is 0 Å². The molecule has 0 amide bonds. The van der Waals surface area contributed by atoms with E-state index in [2.05, 4.69) is 0 Å². The molecule has 0 unspecified atom stereocenters. The largest absolute Gasteiger partial charge is 0.507 e. The zero-order valence-corrected chi connectivity index (χ0v) is 14.0. The van der Waals surface area contributed by atoms with Gasteiger partial charge in [0, 0.05) is 30.4 Å². The number of carbonyl (C=O) groups excluding carboxylic acids is 1. The SMILES string of the molecule is CCN(CC)c1ccc(C(=O)c2cc(C)ccc2C(=O)O)c(O)c1. The van der Waals surface area contributed by atoms with Gasteiger partial charge in [-0.1, -0.05) is 11.6 Å². The molecule has 0 heterocycles. The van der Waals surface area contributed by atoms with Gasteiger partial charge in [0.1, 0.15) is 5.75 Å². The third-order valence-electron chi connectivity index (χ3n) is 4.00. The molecule has 0 saturated heterocycles. The van der Waals surface area contributed by atoms with Crippen LogP contribution in [0, 0.1) is 6.92 Å². The average Bonchev–Trinajstić information content (AvgIpc) is 2.55. The van der Waals surface area contributed by atoms with Crippen molar-refractivity contribution in [1.29, 1.82) is 0 Å². The van der Waals surface area contributed by atoms with Crippen LogP contribution in [0.2, 0.25) is 0 Å². The molecule has 0 fully saturated rings. The van der Waals surface area contributed by atoms with E-state index in [-0.39, 0.29) is 22.4 Å². The van der Waals surface area contributed by atoms with E-state index in [1.807, 2.05) is 18.7 Å². The summed E-state index contributed by atoms with van der Waals surface area (Å²) in [4.78, 5) is 26.1. The Morgan fingerprint density at radius 1 is 0.958 bits per heavy atom. The Morgan fingerprint density at radius 3 is 2.12 bits per heavy atom. The number of rotatable bonds is 6. The smallest absolute Gasteiger partial charge is 0.336 e. The summed E-state index contributed by atoms with van der Waals surface area (Å²) in [5.74, 6) is -1.82. The Morgan fingerprint density at radius 2 is 1.58 bits per heavy atom. The predicted octanol–water partition coefficient (Wildman–Crippen LogP) is 3.48. The normalized spacial score (nSPS) is 10.5. The van der Waals surface area contributed by atoms with Crippen LogP contribution in [0.15, 0.2) is 36.4 Å². The van der Waals surface area contributed by atoms with Crippen molar-refractivity contribution in [2.75, 3.05) is 18.0 Å². The lowest BCUT2D eigenvalue weighted by atomic mass is 9.95. The van der Waals surface area contributed by atoms with E-state index in [0.717, 1.165) is 24.3 Å². The minimum absolute atomic E-state index is 0.0715. The third-order valence-corrected chi connectivity index (χ3v) is 4.00. The van der Waals surface area contributed by atoms with Gasteiger partial charge in [-0.25, -0.2) is 4.79 Å². The number of aryl methyl sites for hydroxylation is 1. The van der Waals surface area contributed by atoms with Crippen molar-refractivity contribution in [3.8, 4) is 5.75 Å². The lowest BCUT2D eigenvalue weighted by molar-refractivity contribution is 0.0692. The molecule has 0 aliphatic rings. The second-order valence-electron chi connectivity index (χ2n) is 5.56. The molecule has 0 aliphatic carbocycles. The van der Waals surface area contributed by atoms with Crippen LogP contribution >= 0.6 is 0 Å². The van der Waals surface area contributed by atoms with E-state index in [9.17, 15) is 19.8 Å². The Hall–Kier alpha value is -2.82. The first-order chi connectivity index (χ1) is 11.4. The fourth-order valence-corrected chi connectivity index (χ4v) is 2.68. The summed E-state index contributed by atoms with van der Waals surface area (Å²) in [5.41, 5.74) is 1.70. The summed E-state index contributed by atoms with van der Waals surface area (Å²) in [5, 5.41) is 19.5. The zero-order chi connectivity index (χ0) is 17.9. The molecule has 0 spiro atoms. The standard InChI is InChI=1S/C19H21NO4/c1-4-20(5-2)13-7-9-15(17(21)11-13)18(22)16-10-12(3)6-8-14(16)19(23)24/h6-11,21H,4-5H2,1-3H3,(H,23,24). The van der Waals surface area contributed by atoms with Crippen molar-refractivity contribution in [2.45, 2.75) is 20.8 Å². The zero-order valence-electron chi connectivity index (χ0n) is 14.0. The van der Waals surface area contributed by atoms with Gasteiger partial charge in [-0.05, 0) is 45.0 Å². The van der Waals surface area contributed by atoms with Crippen LogP contribution in [-0.4, -0.2) is 35.1 Å². The van der Waals surface area contributed by atoms with Gasteiger partial charge in [-0.15, -0.1) is 0 Å². The maximum Gasteiger partial charge on any atom is 0.336 e. The highest BCUT2D eigenvalue weighted by atomic mass is 16.4. The highest BCUT2D eigenvalue weighted by molar-refractivity contribution is 6.15. The van der Waals surface area contributed by atoms with Crippen LogP contribution in [0.25, 0.3) is 0 Å². The lowest BCUT2D eigenvalue weighted by Crippen LogP contribution is -2.21. The fraction of sp³-hybridized carbons (Fsp3) is 0.263. The Bertz CT molecular complexity index is 779. The van der Waals surface area contributed by atoms with Gasteiger partial charge in [0.05, 0.1) is 11.1 Å². The first kappa shape index (κ1) is 17.5. The summed E-state index contributed by atoms with van der Waals surface area (Å²) in [6.45, 7) is 7.36. The van der Waals surface area contributed by atoms with Crippen molar-refractivity contribution >= 4 is 17.4 Å². The number of carbonyl (C=O) groups is 2. The number of hydrogen-bond acceptors (Lipinski definition) is 4. The van der Waals surface area contributed by atoms with Gasteiger partial charge in [-0.2, -0.15) is 0 Å². The van der Waals surface area contributed by atoms with Crippen molar-refractivity contribution in [2.24, 2.45) is 0 Å². The minimum atomic E-state index is -1.17. The number of carboxylic acids is 1. The van der Waals surface area contributed by atoms with E-state index >= 15 is 0 Å². The summed E-state index contributed by atoms with van der Waals surface area (Å²) < 4.78 is 0. The number of phenolic OH excluding ortho intramolecular Hbond substituents is 1. The monoisotopic (exact) mass is 327 g/mol. The molecule has 0 saturated carbocycles. The van der Waals surface area contributed by atoms with E-state index in [0.29, 0.717) is 0 Å². The van der Waals surface area contributed by atoms with Gasteiger partial charge >= 0.3 is 5.97 Å². The lowest BCUT2D eigenvalue weighted by Gasteiger charge is -2.21. The molecule has 0 aromatic heterocycles. The maximum absolute atomic E-state index is 12.7. The number of hydrogen-bond donors (Lipinski definition) is 2. The maximum atomic E-state index is 12.7. The third kappa shape index (κ3) is 3.40. The number of nitrogens with zero attached hydrogens (tertiary/aromatic N) is 1. The summed E-state index contributed by atoms with van der Waals surface area (Å²) in [7, 11) is 0. The molecule has 2 rings (SSSR count). The molecule has 2 N–H and O–H groups in total. The predicted molar refractivity (Wildman–Crippen MR) is 93.2 cm³/mol. The number of aromatic hydroxyl groups is 1. The number of phenols is 1. The number of carboxylic acid groups (broad SMARTS) is 1. The molecule has 0 atom stereocenters. The first-order valence-electron chi connectivity index (χ1n) is 7.85. The highest BCUT2D eigenvalue weighted by Crippen LogP contribution is 2.28. The fourth-order valence-electron chi connectivity index (χ4n) is 2.68. The number of anilines is 1. The van der Waals surface area contributed by atoms with E-state index in [1.165, 1.54) is 18.2 Å². The molecular formula is C19H21NO4. The Labute approximate surface area is 141 Å². The van der Waals surface area contributed by atoms with Crippen LogP contribution in [-0.2, 0) is 0 Å². The van der Waals surface area contributed by atoms with Crippen LogP contribution in [0.1, 0.15) is 45.7 Å². The van der Waals surface area contributed by atoms with Crippen molar-refractivity contribution < 1.29 is 19.8 Å². The second-order valence-corrected chi connectivity index (χ2v) is 5.56. The van der Waals surface area contributed by atoms with Crippen molar-refractivity contribution in [3.05, 3.63) is 58.7 Å². The summed E-state index contributed by atoms with van der Waals surface area (Å²) in [6, 6.07) is 9.42.